The molecule has 0 aromatic rings. The van der Waals surface area contributed by atoms with E-state index in [9.17, 15) is 28.5 Å². The van der Waals surface area contributed by atoms with Crippen LogP contribution in [-0.2, 0) is 0 Å². The topological polar surface area (TPSA) is 63.9 Å². The van der Waals surface area contributed by atoms with Gasteiger partial charge in [-0.1, -0.05) is 43.7 Å². The van der Waals surface area contributed by atoms with E-state index in [4.69, 9.17) is 0 Å². The van der Waals surface area contributed by atoms with Crippen LogP contribution in [0.25, 0.3) is 0 Å². The highest BCUT2D eigenvalue weighted by Crippen LogP contribution is 2.59. The SMILES string of the molecule is C=C1[C@H](O)CC(=CC=C2CCC[C@]3(C)[C@@H]([C@H](C)CN4CCC(O)(C(F)(F)F)C4)CC[C@@H]23)C[C@H]1O. The first-order chi connectivity index (χ1) is 15.8. The summed E-state index contributed by atoms with van der Waals surface area (Å²) in [5.41, 5.74) is 0.519. The number of alkyl halides is 3. The fourth-order valence-electron chi connectivity index (χ4n) is 7.43. The lowest BCUT2D eigenvalue weighted by Gasteiger charge is -2.45. The second kappa shape index (κ2) is 9.38. The molecule has 34 heavy (non-hydrogen) atoms. The highest BCUT2D eigenvalue weighted by atomic mass is 19.4. The van der Waals surface area contributed by atoms with Crippen molar-refractivity contribution in [1.29, 1.82) is 0 Å². The Morgan fingerprint density at radius 3 is 2.44 bits per heavy atom. The van der Waals surface area contributed by atoms with Crippen molar-refractivity contribution in [3.05, 3.63) is 35.5 Å². The Kier molecular flexibility index (Phi) is 7.15. The van der Waals surface area contributed by atoms with E-state index < -0.39 is 24.0 Å². The van der Waals surface area contributed by atoms with Gasteiger partial charge in [-0.05, 0) is 80.1 Å². The van der Waals surface area contributed by atoms with Crippen LogP contribution in [-0.4, -0.2) is 63.8 Å². The molecule has 4 nitrogen and oxygen atoms in total. The third-order valence-corrected chi connectivity index (χ3v) is 9.43. The van der Waals surface area contributed by atoms with Gasteiger partial charge in [-0.2, -0.15) is 13.2 Å². The highest BCUT2D eigenvalue weighted by Gasteiger charge is 2.57. The fraction of sp³-hybridized carbons (Fsp3) is 0.778. The molecule has 1 aliphatic heterocycles. The smallest absolute Gasteiger partial charge is 0.388 e. The molecule has 7 atom stereocenters. The third-order valence-electron chi connectivity index (χ3n) is 9.43. The predicted octanol–water partition coefficient (Wildman–Crippen LogP) is 4.76. The average molecular weight is 484 g/mol. The Labute approximate surface area is 201 Å². The van der Waals surface area contributed by atoms with Crippen molar-refractivity contribution in [3.63, 3.8) is 0 Å². The summed E-state index contributed by atoms with van der Waals surface area (Å²) < 4.78 is 39.7. The minimum atomic E-state index is -4.58. The van der Waals surface area contributed by atoms with Crippen LogP contribution in [0.5, 0.6) is 0 Å². The van der Waals surface area contributed by atoms with E-state index in [2.05, 4.69) is 32.6 Å². The van der Waals surface area contributed by atoms with Gasteiger partial charge in [0.2, 0.25) is 0 Å². The molecule has 0 aromatic heterocycles. The van der Waals surface area contributed by atoms with E-state index in [1.807, 2.05) is 0 Å². The zero-order chi connectivity index (χ0) is 24.9. The van der Waals surface area contributed by atoms with Gasteiger partial charge in [0, 0.05) is 19.6 Å². The molecule has 4 rings (SSSR count). The molecule has 3 saturated carbocycles. The van der Waals surface area contributed by atoms with Crippen LogP contribution >= 0.6 is 0 Å². The van der Waals surface area contributed by atoms with Crippen molar-refractivity contribution in [2.24, 2.45) is 23.2 Å². The lowest BCUT2D eigenvalue weighted by Crippen LogP contribution is -2.48. The monoisotopic (exact) mass is 483 g/mol. The second-order valence-corrected chi connectivity index (χ2v) is 11.7. The van der Waals surface area contributed by atoms with Crippen LogP contribution in [0, 0.1) is 23.2 Å². The van der Waals surface area contributed by atoms with Crippen molar-refractivity contribution in [2.45, 2.75) is 89.2 Å². The molecule has 3 aliphatic carbocycles. The molecular formula is C27H40F3NO3. The van der Waals surface area contributed by atoms with E-state index in [1.165, 1.54) is 5.57 Å². The number of likely N-dealkylation sites (tertiary alicyclic amines) is 1. The van der Waals surface area contributed by atoms with E-state index in [0.717, 1.165) is 37.7 Å². The predicted molar refractivity (Wildman–Crippen MR) is 126 cm³/mol. The quantitative estimate of drug-likeness (QED) is 0.505. The Morgan fingerprint density at radius 2 is 1.82 bits per heavy atom. The summed E-state index contributed by atoms with van der Waals surface area (Å²) in [4.78, 5) is 1.80. The maximum atomic E-state index is 13.2. The summed E-state index contributed by atoms with van der Waals surface area (Å²) in [5, 5.41) is 30.3. The number of β-amino-alcohol motifs (C(OH)–C–C–N with tert-alkyl or cyclic N) is 1. The van der Waals surface area contributed by atoms with Gasteiger partial charge in [0.05, 0.1) is 12.2 Å². The molecule has 0 amide bonds. The van der Waals surface area contributed by atoms with Crippen LogP contribution in [0.2, 0.25) is 0 Å². The van der Waals surface area contributed by atoms with Gasteiger partial charge >= 0.3 is 6.18 Å². The van der Waals surface area contributed by atoms with Gasteiger partial charge in [0.1, 0.15) is 0 Å². The molecule has 1 saturated heterocycles. The molecular weight excluding hydrogens is 443 g/mol. The zero-order valence-electron chi connectivity index (χ0n) is 20.4. The van der Waals surface area contributed by atoms with Gasteiger partial charge in [-0.25, -0.2) is 0 Å². The molecule has 0 bridgehead atoms. The molecule has 0 aromatic carbocycles. The summed E-state index contributed by atoms with van der Waals surface area (Å²) in [7, 11) is 0. The molecule has 4 fully saturated rings. The number of fused-ring (bicyclic) bond motifs is 1. The Balaban J connectivity index is 1.43. The zero-order valence-corrected chi connectivity index (χ0v) is 20.4. The second-order valence-electron chi connectivity index (χ2n) is 11.7. The molecule has 3 N–H and O–H groups in total. The van der Waals surface area contributed by atoms with E-state index in [-0.39, 0.29) is 30.8 Å². The minimum Gasteiger partial charge on any atom is -0.388 e. The standard InChI is InChI=1S/C27H40F3NO3/c1-17(15-31-12-11-26(34,16-31)27(28,29)30)21-8-9-22-20(5-4-10-25(21,22)3)7-6-19-13-23(32)18(2)24(33)14-19/h6-7,17,21-24,32-34H,2,4-5,8-16H2,1,3H3/t17-,21-,22+,23-,24-,25-,26?/m1/s1. The molecule has 0 spiro atoms. The lowest BCUT2D eigenvalue weighted by atomic mass is 9.61. The first-order valence-electron chi connectivity index (χ1n) is 12.8. The molecule has 192 valence electrons. The summed E-state index contributed by atoms with van der Waals surface area (Å²) in [6.45, 7) is 8.86. The summed E-state index contributed by atoms with van der Waals surface area (Å²) in [6, 6.07) is 0. The largest absolute Gasteiger partial charge is 0.418 e. The molecule has 1 heterocycles. The van der Waals surface area contributed by atoms with Gasteiger partial charge in [0.25, 0.3) is 0 Å². The molecule has 1 unspecified atom stereocenters. The fourth-order valence-corrected chi connectivity index (χ4v) is 7.43. The first-order valence-corrected chi connectivity index (χ1v) is 12.8. The summed E-state index contributed by atoms with van der Waals surface area (Å²) in [6.07, 6.45) is 4.56. The van der Waals surface area contributed by atoms with Gasteiger partial charge in [-0.3, -0.25) is 4.90 Å². The van der Waals surface area contributed by atoms with Crippen LogP contribution in [0.15, 0.2) is 35.5 Å². The van der Waals surface area contributed by atoms with Crippen LogP contribution in [0.1, 0.15) is 65.2 Å². The summed E-state index contributed by atoms with van der Waals surface area (Å²) >= 11 is 0. The van der Waals surface area contributed by atoms with Gasteiger partial charge in [0.15, 0.2) is 5.60 Å². The van der Waals surface area contributed by atoms with Gasteiger partial charge in [-0.15, -0.1) is 0 Å². The number of nitrogens with zero attached hydrogens (tertiary/aromatic N) is 1. The van der Waals surface area contributed by atoms with Crippen molar-refractivity contribution < 1.29 is 28.5 Å². The lowest BCUT2D eigenvalue weighted by molar-refractivity contribution is -0.254. The van der Waals surface area contributed by atoms with Crippen molar-refractivity contribution in [2.75, 3.05) is 19.6 Å². The van der Waals surface area contributed by atoms with E-state index >= 15 is 0 Å². The van der Waals surface area contributed by atoms with Crippen molar-refractivity contribution >= 4 is 0 Å². The normalized spacial score (nSPS) is 41.7. The number of aliphatic hydroxyl groups excluding tert-OH is 2. The van der Waals surface area contributed by atoms with Crippen LogP contribution < -0.4 is 0 Å². The first kappa shape index (κ1) is 25.9. The molecule has 7 heteroatoms. The molecule has 4 aliphatic rings. The molecule has 0 radical (unpaired) electrons. The minimum absolute atomic E-state index is 0.127. The number of aliphatic hydroxyl groups is 3. The van der Waals surface area contributed by atoms with Crippen LogP contribution in [0.3, 0.4) is 0 Å². The number of allylic oxidation sites excluding steroid dienone is 3. The Hall–Kier alpha value is -1.15. The average Bonchev–Trinajstić information content (AvgIpc) is 3.30. The maximum absolute atomic E-state index is 13.2. The van der Waals surface area contributed by atoms with Crippen molar-refractivity contribution in [3.8, 4) is 0 Å². The highest BCUT2D eigenvalue weighted by molar-refractivity contribution is 5.29. The number of rotatable bonds is 4. The van der Waals surface area contributed by atoms with Crippen LogP contribution in [0.4, 0.5) is 13.2 Å². The Bertz CT molecular complexity index is 837. The number of hydrogen-bond acceptors (Lipinski definition) is 4. The maximum Gasteiger partial charge on any atom is 0.418 e. The Morgan fingerprint density at radius 1 is 1.15 bits per heavy atom. The van der Waals surface area contributed by atoms with Gasteiger partial charge < -0.3 is 15.3 Å². The van der Waals surface area contributed by atoms with E-state index in [0.29, 0.717) is 36.8 Å². The number of hydrogen-bond donors (Lipinski definition) is 3. The number of halogens is 3. The van der Waals surface area contributed by atoms with E-state index in [1.54, 1.807) is 4.90 Å². The summed E-state index contributed by atoms with van der Waals surface area (Å²) in [5.74, 6) is 1.16. The third kappa shape index (κ3) is 4.78. The van der Waals surface area contributed by atoms with Crippen molar-refractivity contribution in [1.82, 2.24) is 4.90 Å².